The zero-order valence-corrected chi connectivity index (χ0v) is 21.4. The molecule has 2 amide bonds. The molecule has 0 radical (unpaired) electrons. The first-order valence-electron chi connectivity index (χ1n) is 12.1. The molecule has 5 aromatic rings. The zero-order chi connectivity index (χ0) is 27.2. The Labute approximate surface area is 229 Å². The number of nitrogens with one attached hydrogen (secondary N) is 2. The van der Waals surface area contributed by atoms with Crippen molar-refractivity contribution >= 4 is 51.4 Å². The lowest BCUT2D eigenvalue weighted by molar-refractivity contribution is -0.384. The SMILES string of the molecule is O=C(Nc1cccc(SC(C(=O)Nc2ccc3ccccc3c2)c2ccccc2)c1)c1ccc([N+](=O)[O-])cc1. The molecule has 0 aliphatic carbocycles. The molecule has 2 N–H and O–H groups in total. The van der Waals surface area contributed by atoms with Crippen molar-refractivity contribution in [2.75, 3.05) is 10.6 Å². The third kappa shape index (κ3) is 6.31. The predicted octanol–water partition coefficient (Wildman–Crippen LogP) is 7.47. The van der Waals surface area contributed by atoms with Gasteiger partial charge in [0.05, 0.1) is 4.92 Å². The number of benzene rings is 5. The summed E-state index contributed by atoms with van der Waals surface area (Å²) in [4.78, 5) is 37.4. The molecule has 192 valence electrons. The highest BCUT2D eigenvalue weighted by Gasteiger charge is 2.22. The van der Waals surface area contributed by atoms with Crippen LogP contribution in [0.2, 0.25) is 0 Å². The Kier molecular flexibility index (Phi) is 7.65. The summed E-state index contributed by atoms with van der Waals surface area (Å²) >= 11 is 1.38. The van der Waals surface area contributed by atoms with Crippen LogP contribution >= 0.6 is 11.8 Å². The fourth-order valence-electron chi connectivity index (χ4n) is 4.10. The summed E-state index contributed by atoms with van der Waals surface area (Å²) in [6, 6.07) is 36.0. The van der Waals surface area contributed by atoms with Crippen LogP contribution in [0.5, 0.6) is 0 Å². The van der Waals surface area contributed by atoms with Crippen molar-refractivity contribution in [2.45, 2.75) is 10.1 Å². The van der Waals surface area contributed by atoms with Crippen molar-refractivity contribution in [1.82, 2.24) is 0 Å². The minimum absolute atomic E-state index is 0.0844. The molecule has 0 heterocycles. The quantitative estimate of drug-likeness (QED) is 0.122. The standard InChI is InChI=1S/C31H23N3O4S/c35-30(23-14-17-27(18-15-23)34(37)38)32-25-11-6-12-28(20-25)39-29(22-8-2-1-3-9-22)31(36)33-26-16-13-21-7-4-5-10-24(21)19-26/h1-20,29H,(H,32,35)(H,33,36). The Morgan fingerprint density at radius 3 is 2.13 bits per heavy atom. The Morgan fingerprint density at radius 2 is 1.38 bits per heavy atom. The molecule has 0 aliphatic heterocycles. The predicted molar refractivity (Wildman–Crippen MR) is 155 cm³/mol. The number of rotatable bonds is 8. The second kappa shape index (κ2) is 11.6. The van der Waals surface area contributed by atoms with Gasteiger partial charge in [0.2, 0.25) is 5.91 Å². The van der Waals surface area contributed by atoms with Gasteiger partial charge in [-0.05, 0) is 58.8 Å². The average molecular weight is 534 g/mol. The van der Waals surface area contributed by atoms with Crippen molar-refractivity contribution in [3.8, 4) is 0 Å². The van der Waals surface area contributed by atoms with Crippen molar-refractivity contribution in [1.29, 1.82) is 0 Å². The highest BCUT2D eigenvalue weighted by atomic mass is 32.2. The number of fused-ring (bicyclic) bond motifs is 1. The molecule has 0 aromatic heterocycles. The number of nitrogens with zero attached hydrogens (tertiary/aromatic N) is 1. The van der Waals surface area contributed by atoms with Gasteiger partial charge >= 0.3 is 0 Å². The molecule has 1 unspecified atom stereocenters. The summed E-state index contributed by atoms with van der Waals surface area (Å²) < 4.78 is 0. The molecular weight excluding hydrogens is 510 g/mol. The molecule has 5 rings (SSSR count). The van der Waals surface area contributed by atoms with Crippen LogP contribution in [0, 0.1) is 10.1 Å². The fourth-order valence-corrected chi connectivity index (χ4v) is 5.18. The van der Waals surface area contributed by atoms with E-state index in [1.54, 1.807) is 18.2 Å². The van der Waals surface area contributed by atoms with E-state index in [9.17, 15) is 19.7 Å². The highest BCUT2D eigenvalue weighted by Crippen LogP contribution is 2.37. The summed E-state index contributed by atoms with van der Waals surface area (Å²) in [5.41, 5.74) is 2.32. The Morgan fingerprint density at radius 1 is 0.692 bits per heavy atom. The highest BCUT2D eigenvalue weighted by molar-refractivity contribution is 8.00. The average Bonchev–Trinajstić information content (AvgIpc) is 2.96. The Balaban J connectivity index is 1.34. The third-order valence-electron chi connectivity index (χ3n) is 6.04. The number of amides is 2. The van der Waals surface area contributed by atoms with Crippen LogP contribution in [-0.4, -0.2) is 16.7 Å². The van der Waals surface area contributed by atoms with Crippen molar-refractivity contribution < 1.29 is 14.5 Å². The van der Waals surface area contributed by atoms with Crippen molar-refractivity contribution in [2.24, 2.45) is 0 Å². The van der Waals surface area contributed by atoms with Gasteiger partial charge in [0.15, 0.2) is 0 Å². The maximum absolute atomic E-state index is 13.5. The molecule has 7 nitrogen and oxygen atoms in total. The lowest BCUT2D eigenvalue weighted by Gasteiger charge is -2.18. The first-order chi connectivity index (χ1) is 19.0. The maximum Gasteiger partial charge on any atom is 0.269 e. The van der Waals surface area contributed by atoms with E-state index in [1.807, 2.05) is 78.9 Å². The van der Waals surface area contributed by atoms with Gasteiger partial charge in [0.1, 0.15) is 5.25 Å². The molecular formula is C31H23N3O4S. The van der Waals surface area contributed by atoms with Gasteiger partial charge in [0.25, 0.3) is 11.6 Å². The zero-order valence-electron chi connectivity index (χ0n) is 20.6. The molecule has 5 aromatic carbocycles. The number of thioether (sulfide) groups is 1. The number of hydrogen-bond acceptors (Lipinski definition) is 5. The monoisotopic (exact) mass is 533 g/mol. The van der Waals surface area contributed by atoms with Gasteiger partial charge in [0, 0.05) is 34.0 Å². The molecule has 8 heteroatoms. The number of carbonyl (C=O) groups excluding carboxylic acids is 2. The van der Waals surface area contributed by atoms with Crippen molar-refractivity contribution in [3.05, 3.63) is 143 Å². The van der Waals surface area contributed by atoms with E-state index in [-0.39, 0.29) is 17.5 Å². The molecule has 0 spiro atoms. The second-order valence-electron chi connectivity index (χ2n) is 8.75. The van der Waals surface area contributed by atoms with Gasteiger partial charge in [-0.1, -0.05) is 66.7 Å². The second-order valence-corrected chi connectivity index (χ2v) is 9.92. The van der Waals surface area contributed by atoms with Gasteiger partial charge in [-0.25, -0.2) is 0 Å². The number of anilines is 2. The first-order valence-corrected chi connectivity index (χ1v) is 13.0. The van der Waals surface area contributed by atoms with E-state index in [0.29, 0.717) is 16.9 Å². The van der Waals surface area contributed by atoms with Crippen LogP contribution in [0.4, 0.5) is 17.1 Å². The van der Waals surface area contributed by atoms with Gasteiger partial charge in [-0.2, -0.15) is 0 Å². The number of nitro benzene ring substituents is 1. The fraction of sp³-hybridized carbons (Fsp3) is 0.0323. The van der Waals surface area contributed by atoms with Crippen LogP contribution < -0.4 is 10.6 Å². The van der Waals surface area contributed by atoms with Crippen molar-refractivity contribution in [3.63, 3.8) is 0 Å². The number of non-ortho nitro benzene ring substituents is 1. The molecule has 0 saturated heterocycles. The van der Waals surface area contributed by atoms with E-state index in [4.69, 9.17) is 0 Å². The topological polar surface area (TPSA) is 101 Å². The molecule has 0 bridgehead atoms. The normalized spacial score (nSPS) is 11.5. The minimum Gasteiger partial charge on any atom is -0.325 e. The third-order valence-corrected chi connectivity index (χ3v) is 7.29. The lowest BCUT2D eigenvalue weighted by Crippen LogP contribution is -2.19. The van der Waals surface area contributed by atoms with Crippen LogP contribution in [0.25, 0.3) is 10.8 Å². The number of hydrogen-bond donors (Lipinski definition) is 2. The summed E-state index contributed by atoms with van der Waals surface area (Å²) in [5, 5.41) is 18.3. The van der Waals surface area contributed by atoms with E-state index in [0.717, 1.165) is 21.2 Å². The van der Waals surface area contributed by atoms with E-state index in [1.165, 1.54) is 36.0 Å². The largest absolute Gasteiger partial charge is 0.325 e. The molecule has 0 aliphatic rings. The van der Waals surface area contributed by atoms with Crippen LogP contribution in [0.3, 0.4) is 0 Å². The van der Waals surface area contributed by atoms with Crippen LogP contribution in [-0.2, 0) is 4.79 Å². The Hall–Kier alpha value is -4.95. The van der Waals surface area contributed by atoms with Gasteiger partial charge in [-0.3, -0.25) is 19.7 Å². The lowest BCUT2D eigenvalue weighted by atomic mass is 10.1. The number of nitro groups is 1. The van der Waals surface area contributed by atoms with E-state index >= 15 is 0 Å². The van der Waals surface area contributed by atoms with Crippen LogP contribution in [0.15, 0.2) is 126 Å². The summed E-state index contributed by atoms with van der Waals surface area (Å²) in [6.45, 7) is 0. The number of carbonyl (C=O) groups is 2. The molecule has 0 saturated carbocycles. The smallest absolute Gasteiger partial charge is 0.269 e. The first kappa shape index (κ1) is 25.7. The summed E-state index contributed by atoms with van der Waals surface area (Å²) in [5.74, 6) is -0.553. The van der Waals surface area contributed by atoms with E-state index < -0.39 is 10.2 Å². The van der Waals surface area contributed by atoms with Crippen LogP contribution in [0.1, 0.15) is 21.2 Å². The maximum atomic E-state index is 13.5. The Bertz CT molecular complexity index is 1660. The molecule has 0 fully saturated rings. The summed E-state index contributed by atoms with van der Waals surface area (Å²) in [6.07, 6.45) is 0. The van der Waals surface area contributed by atoms with E-state index in [2.05, 4.69) is 10.6 Å². The summed E-state index contributed by atoms with van der Waals surface area (Å²) in [7, 11) is 0. The van der Waals surface area contributed by atoms with Gasteiger partial charge < -0.3 is 10.6 Å². The minimum atomic E-state index is -0.543. The van der Waals surface area contributed by atoms with Gasteiger partial charge in [-0.15, -0.1) is 11.8 Å². The molecule has 39 heavy (non-hydrogen) atoms. The molecule has 1 atom stereocenters.